The van der Waals surface area contributed by atoms with Crippen molar-refractivity contribution in [2.24, 2.45) is 0 Å². The van der Waals surface area contributed by atoms with E-state index >= 15 is 0 Å². The van der Waals surface area contributed by atoms with Crippen molar-refractivity contribution in [3.63, 3.8) is 0 Å². The number of nitrogens with one attached hydrogen (secondary N) is 1. The summed E-state index contributed by atoms with van der Waals surface area (Å²) in [5.41, 5.74) is 1.38. The maximum Gasteiger partial charge on any atom is 0.416 e. The second-order valence-corrected chi connectivity index (χ2v) is 6.55. The van der Waals surface area contributed by atoms with Gasteiger partial charge >= 0.3 is 6.18 Å². The molecule has 0 fully saturated rings. The smallest absolute Gasteiger partial charge is 0.416 e. The third-order valence-corrected chi connectivity index (χ3v) is 4.64. The molecule has 1 atom stereocenters. The molecule has 144 valence electrons. The van der Waals surface area contributed by atoms with Crippen molar-refractivity contribution in [3.05, 3.63) is 83.4 Å². The molecular weight excluding hydrogens is 371 g/mol. The standard InChI is InChI=1S/C22H22F3N.ClH/c1-16(20-13-5-10-18-9-2-3-12-21(18)20)26-14-6-8-17-7-4-11-19(15-17)22(23,24)25;/h2-5,7,9-13,15-16,26H,6,8,14H2,1H3;1H/p-1/t16-;/m1./s1. The molecular formula is C22H22ClF3N-. The maximum absolute atomic E-state index is 12.8. The summed E-state index contributed by atoms with van der Waals surface area (Å²) < 4.78 is 38.3. The lowest BCUT2D eigenvalue weighted by molar-refractivity contribution is -0.137. The van der Waals surface area contributed by atoms with E-state index in [0.717, 1.165) is 24.6 Å². The van der Waals surface area contributed by atoms with Gasteiger partial charge in [-0.1, -0.05) is 60.7 Å². The number of benzene rings is 3. The van der Waals surface area contributed by atoms with Crippen molar-refractivity contribution in [1.29, 1.82) is 0 Å². The fourth-order valence-electron chi connectivity index (χ4n) is 3.25. The number of rotatable bonds is 6. The van der Waals surface area contributed by atoms with Gasteiger partial charge in [-0.15, -0.1) is 0 Å². The Morgan fingerprint density at radius 3 is 2.41 bits per heavy atom. The quantitative estimate of drug-likeness (QED) is 0.635. The SMILES string of the molecule is C[C@@H](NCCCc1cccc(C(F)(F)F)c1)c1cccc2ccccc12.[Cl-]. The third kappa shape index (κ3) is 5.47. The van der Waals surface area contributed by atoms with E-state index in [1.807, 2.05) is 12.1 Å². The summed E-state index contributed by atoms with van der Waals surface area (Å²) in [6.45, 7) is 2.87. The highest BCUT2D eigenvalue weighted by Crippen LogP contribution is 2.29. The van der Waals surface area contributed by atoms with Crippen molar-refractivity contribution >= 4 is 10.8 Å². The van der Waals surface area contributed by atoms with Gasteiger partial charge in [0.05, 0.1) is 5.56 Å². The van der Waals surface area contributed by atoms with E-state index in [-0.39, 0.29) is 18.4 Å². The molecule has 0 aliphatic carbocycles. The van der Waals surface area contributed by atoms with Gasteiger partial charge in [0.15, 0.2) is 0 Å². The molecule has 1 N–H and O–H groups in total. The first kappa shape index (κ1) is 21.3. The highest BCUT2D eigenvalue weighted by molar-refractivity contribution is 5.86. The summed E-state index contributed by atoms with van der Waals surface area (Å²) in [5.74, 6) is 0. The van der Waals surface area contributed by atoms with E-state index in [9.17, 15) is 13.2 Å². The Balaban J connectivity index is 0.00000261. The molecule has 0 aliphatic rings. The largest absolute Gasteiger partial charge is 1.00 e. The molecule has 0 bridgehead atoms. The Morgan fingerprint density at radius 2 is 1.63 bits per heavy atom. The molecule has 1 nitrogen and oxygen atoms in total. The topological polar surface area (TPSA) is 12.0 Å². The molecule has 0 saturated carbocycles. The monoisotopic (exact) mass is 392 g/mol. The summed E-state index contributed by atoms with van der Waals surface area (Å²) in [6, 6.07) is 20.3. The van der Waals surface area contributed by atoms with Crippen molar-refractivity contribution in [1.82, 2.24) is 5.32 Å². The van der Waals surface area contributed by atoms with Gasteiger partial charge < -0.3 is 17.7 Å². The fraction of sp³-hybridized carbons (Fsp3) is 0.273. The molecule has 3 aromatic carbocycles. The van der Waals surface area contributed by atoms with Crippen molar-refractivity contribution < 1.29 is 25.6 Å². The van der Waals surface area contributed by atoms with Crippen LogP contribution in [0.3, 0.4) is 0 Å². The first-order valence-electron chi connectivity index (χ1n) is 8.82. The van der Waals surface area contributed by atoms with Crippen molar-refractivity contribution in [2.45, 2.75) is 32.0 Å². The molecule has 0 aliphatic heterocycles. The van der Waals surface area contributed by atoms with Crippen LogP contribution in [-0.2, 0) is 12.6 Å². The Kier molecular flexibility index (Phi) is 7.28. The van der Waals surface area contributed by atoms with Gasteiger partial charge in [0, 0.05) is 6.04 Å². The van der Waals surface area contributed by atoms with Crippen LogP contribution in [0.5, 0.6) is 0 Å². The summed E-state index contributed by atoms with van der Waals surface area (Å²) in [7, 11) is 0. The minimum absolute atomic E-state index is 0. The van der Waals surface area contributed by atoms with E-state index < -0.39 is 11.7 Å². The first-order valence-corrected chi connectivity index (χ1v) is 8.82. The van der Waals surface area contributed by atoms with Gasteiger partial charge in [0.25, 0.3) is 0 Å². The second-order valence-electron chi connectivity index (χ2n) is 6.55. The van der Waals surface area contributed by atoms with E-state index in [0.29, 0.717) is 6.42 Å². The van der Waals surface area contributed by atoms with Crippen LogP contribution in [0.25, 0.3) is 10.8 Å². The van der Waals surface area contributed by atoms with Crippen LogP contribution in [0.4, 0.5) is 13.2 Å². The molecule has 0 heterocycles. The molecule has 3 rings (SSSR count). The Bertz CT molecular complexity index is 871. The summed E-state index contributed by atoms with van der Waals surface area (Å²) in [6.07, 6.45) is -2.87. The highest BCUT2D eigenvalue weighted by Gasteiger charge is 2.30. The van der Waals surface area contributed by atoms with E-state index in [4.69, 9.17) is 0 Å². The minimum Gasteiger partial charge on any atom is -1.00 e. The summed E-state index contributed by atoms with van der Waals surface area (Å²) in [4.78, 5) is 0. The lowest BCUT2D eigenvalue weighted by Crippen LogP contribution is -3.00. The number of hydrogen-bond acceptors (Lipinski definition) is 1. The minimum atomic E-state index is -4.28. The molecule has 0 aromatic heterocycles. The molecule has 0 spiro atoms. The van der Waals surface area contributed by atoms with Gasteiger partial charge in [0.1, 0.15) is 0 Å². The van der Waals surface area contributed by atoms with E-state index in [1.54, 1.807) is 6.07 Å². The van der Waals surface area contributed by atoms with Crippen LogP contribution in [0.2, 0.25) is 0 Å². The van der Waals surface area contributed by atoms with Gasteiger partial charge in [-0.25, -0.2) is 0 Å². The van der Waals surface area contributed by atoms with Crippen LogP contribution in [-0.4, -0.2) is 6.54 Å². The van der Waals surface area contributed by atoms with E-state index in [1.165, 1.54) is 28.5 Å². The van der Waals surface area contributed by atoms with E-state index in [2.05, 4.69) is 42.6 Å². The first-order chi connectivity index (χ1) is 12.4. The maximum atomic E-state index is 12.8. The van der Waals surface area contributed by atoms with Crippen molar-refractivity contribution in [2.75, 3.05) is 6.54 Å². The Morgan fingerprint density at radius 1 is 0.926 bits per heavy atom. The second kappa shape index (κ2) is 9.25. The lowest BCUT2D eigenvalue weighted by atomic mass is 9.99. The van der Waals surface area contributed by atoms with Crippen LogP contribution in [0, 0.1) is 0 Å². The van der Waals surface area contributed by atoms with Gasteiger partial charge in [-0.05, 0) is 54.3 Å². The molecule has 5 heteroatoms. The van der Waals surface area contributed by atoms with Crippen LogP contribution in [0.15, 0.2) is 66.7 Å². The summed E-state index contributed by atoms with van der Waals surface area (Å²) in [5, 5.41) is 5.92. The molecule has 0 amide bonds. The zero-order valence-corrected chi connectivity index (χ0v) is 15.8. The van der Waals surface area contributed by atoms with Crippen LogP contribution >= 0.6 is 0 Å². The predicted molar refractivity (Wildman–Crippen MR) is 100 cm³/mol. The molecule has 27 heavy (non-hydrogen) atoms. The van der Waals surface area contributed by atoms with Crippen LogP contribution < -0.4 is 17.7 Å². The Labute approximate surface area is 164 Å². The molecule has 0 saturated heterocycles. The van der Waals surface area contributed by atoms with Gasteiger partial charge in [-0.3, -0.25) is 0 Å². The van der Waals surface area contributed by atoms with Gasteiger partial charge in [-0.2, -0.15) is 13.2 Å². The predicted octanol–water partition coefficient (Wildman–Crippen LogP) is 3.15. The zero-order chi connectivity index (χ0) is 18.6. The number of hydrogen-bond donors (Lipinski definition) is 1. The molecule has 0 unspecified atom stereocenters. The average Bonchev–Trinajstić information content (AvgIpc) is 2.64. The van der Waals surface area contributed by atoms with Crippen molar-refractivity contribution in [3.8, 4) is 0 Å². The molecule has 3 aromatic rings. The highest BCUT2D eigenvalue weighted by atomic mass is 35.5. The number of aryl methyl sites for hydroxylation is 1. The Hall–Kier alpha value is -2.04. The fourth-order valence-corrected chi connectivity index (χ4v) is 3.25. The number of fused-ring (bicyclic) bond motifs is 1. The lowest BCUT2D eigenvalue weighted by Gasteiger charge is -2.17. The summed E-state index contributed by atoms with van der Waals surface area (Å²) >= 11 is 0. The zero-order valence-electron chi connectivity index (χ0n) is 15.1. The van der Waals surface area contributed by atoms with Crippen LogP contribution in [0.1, 0.15) is 36.1 Å². The normalized spacial score (nSPS) is 12.6. The number of halogens is 4. The molecule has 0 radical (unpaired) electrons. The van der Waals surface area contributed by atoms with Gasteiger partial charge in [0.2, 0.25) is 0 Å². The average molecular weight is 393 g/mol. The third-order valence-electron chi connectivity index (χ3n) is 4.64. The number of alkyl halides is 3.